The third-order valence-electron chi connectivity index (χ3n) is 3.97. The van der Waals surface area contributed by atoms with Gasteiger partial charge in [0.25, 0.3) is 0 Å². The summed E-state index contributed by atoms with van der Waals surface area (Å²) in [5.74, 6) is 0.739. The molecule has 0 spiro atoms. The van der Waals surface area contributed by atoms with Crippen LogP contribution >= 0.6 is 11.6 Å². The van der Waals surface area contributed by atoms with Crippen molar-refractivity contribution < 1.29 is 19.5 Å². The number of nitrogens with zero attached hydrogens (tertiary/aromatic N) is 4. The Hall–Kier alpha value is -2.36. The topological polar surface area (TPSA) is 99.0 Å². The van der Waals surface area contributed by atoms with E-state index < -0.39 is 7.32 Å². The number of halogens is 1. The molecule has 1 amide bonds. The molecular weight excluding hydrogens is 346 g/mol. The molecule has 3 rings (SSSR count). The Balaban J connectivity index is 1.89. The average molecular weight is 363 g/mol. The first-order chi connectivity index (χ1) is 12.0. The van der Waals surface area contributed by atoms with Crippen LogP contribution < -0.4 is 9.55 Å². The van der Waals surface area contributed by atoms with Crippen molar-refractivity contribution in [2.75, 3.05) is 31.1 Å². The second kappa shape index (κ2) is 7.26. The minimum Gasteiger partial charge on any atom is -0.511 e. The van der Waals surface area contributed by atoms with E-state index in [1.54, 1.807) is 11.0 Å². The molecular formula is C15H16BClN4O4. The summed E-state index contributed by atoms with van der Waals surface area (Å²) in [5, 5.41) is 18.8. The second-order valence-electron chi connectivity index (χ2n) is 5.46. The van der Waals surface area contributed by atoms with Gasteiger partial charge in [0.2, 0.25) is 5.91 Å². The van der Waals surface area contributed by atoms with E-state index in [0.29, 0.717) is 37.5 Å². The maximum atomic E-state index is 11.7. The van der Waals surface area contributed by atoms with E-state index in [2.05, 4.69) is 21.4 Å². The summed E-state index contributed by atoms with van der Waals surface area (Å²) < 4.78 is 4.84. The van der Waals surface area contributed by atoms with E-state index in [4.69, 9.17) is 26.3 Å². The molecule has 1 saturated heterocycles. The molecule has 1 aliphatic heterocycles. The molecule has 0 bridgehead atoms. The highest BCUT2D eigenvalue weighted by molar-refractivity contribution is 6.36. The lowest BCUT2D eigenvalue weighted by molar-refractivity contribution is -0.126. The molecule has 1 aliphatic rings. The minimum absolute atomic E-state index is 0.0837. The molecule has 0 aliphatic carbocycles. The van der Waals surface area contributed by atoms with Gasteiger partial charge < -0.3 is 24.5 Å². The maximum Gasteiger partial charge on any atom is 0.707 e. The van der Waals surface area contributed by atoms with Crippen LogP contribution in [0.25, 0.3) is 10.9 Å². The van der Waals surface area contributed by atoms with Crippen LogP contribution in [0.15, 0.2) is 31.1 Å². The molecule has 1 aromatic heterocycles. The van der Waals surface area contributed by atoms with E-state index in [9.17, 15) is 4.79 Å². The van der Waals surface area contributed by atoms with Crippen molar-refractivity contribution in [2.45, 2.75) is 0 Å². The van der Waals surface area contributed by atoms with Crippen molar-refractivity contribution in [2.24, 2.45) is 0 Å². The molecule has 2 heterocycles. The molecule has 2 N–H and O–H groups in total. The molecule has 130 valence electrons. The highest BCUT2D eigenvalue weighted by atomic mass is 35.5. The van der Waals surface area contributed by atoms with Crippen LogP contribution in [0.3, 0.4) is 0 Å². The zero-order chi connectivity index (χ0) is 18.0. The highest BCUT2D eigenvalue weighted by Gasteiger charge is 2.23. The standard InChI is InChI=1S/C15H16BClN4O4/c1-2-14(22)20-3-5-21(6-4-20)15-10-7-11(17)13(25-16(23)24)8-12(10)18-9-19-15/h2,7-9,23-24H,1,3-6H2. The maximum absolute atomic E-state index is 11.7. The van der Waals surface area contributed by atoms with Crippen molar-refractivity contribution in [3.05, 3.63) is 36.1 Å². The van der Waals surface area contributed by atoms with Gasteiger partial charge in [-0.15, -0.1) is 0 Å². The van der Waals surface area contributed by atoms with Crippen molar-refractivity contribution >= 4 is 41.6 Å². The van der Waals surface area contributed by atoms with E-state index in [0.717, 1.165) is 5.39 Å². The number of carbonyl (C=O) groups excluding carboxylic acids is 1. The Morgan fingerprint density at radius 1 is 1.28 bits per heavy atom. The van der Waals surface area contributed by atoms with Crippen molar-refractivity contribution in [1.82, 2.24) is 14.9 Å². The van der Waals surface area contributed by atoms with Crippen LogP contribution in [0.2, 0.25) is 5.02 Å². The van der Waals surface area contributed by atoms with E-state index >= 15 is 0 Å². The fraction of sp³-hybridized carbons (Fsp3) is 0.267. The number of piperazine rings is 1. The van der Waals surface area contributed by atoms with Gasteiger partial charge in [-0.1, -0.05) is 18.2 Å². The van der Waals surface area contributed by atoms with Gasteiger partial charge >= 0.3 is 7.32 Å². The average Bonchev–Trinajstić information content (AvgIpc) is 2.61. The number of rotatable bonds is 4. The summed E-state index contributed by atoms with van der Waals surface area (Å²) in [6.45, 7) is 5.89. The molecule has 0 saturated carbocycles. The normalized spacial score (nSPS) is 14.5. The number of benzene rings is 1. The van der Waals surface area contributed by atoms with Gasteiger partial charge in [0.05, 0.1) is 10.5 Å². The SMILES string of the molecule is C=CC(=O)N1CCN(c2ncnc3cc(OB(O)O)c(Cl)cc23)CC1. The van der Waals surface area contributed by atoms with Crippen molar-refractivity contribution in [3.8, 4) is 5.75 Å². The lowest BCUT2D eigenvalue weighted by atomic mass is 10.1. The first kappa shape index (κ1) is 17.5. The van der Waals surface area contributed by atoms with E-state index in [-0.39, 0.29) is 16.7 Å². The quantitative estimate of drug-likeness (QED) is 0.602. The molecule has 2 aromatic rings. The predicted octanol–water partition coefficient (Wildman–Crippen LogP) is 0.466. The number of fused-ring (bicyclic) bond motifs is 1. The molecule has 0 atom stereocenters. The number of hydrogen-bond acceptors (Lipinski definition) is 7. The number of carbonyl (C=O) groups is 1. The summed E-state index contributed by atoms with van der Waals surface area (Å²) in [7, 11) is -1.97. The number of anilines is 1. The second-order valence-corrected chi connectivity index (χ2v) is 5.86. The molecule has 10 heteroatoms. The van der Waals surface area contributed by atoms with Crippen LogP contribution in [0.4, 0.5) is 5.82 Å². The van der Waals surface area contributed by atoms with Gasteiger partial charge in [-0.25, -0.2) is 9.97 Å². The van der Waals surface area contributed by atoms with Crippen LogP contribution in [-0.2, 0) is 4.79 Å². The zero-order valence-electron chi connectivity index (χ0n) is 13.3. The summed E-state index contributed by atoms with van der Waals surface area (Å²) in [6.07, 6.45) is 2.73. The summed E-state index contributed by atoms with van der Waals surface area (Å²) in [4.78, 5) is 24.0. The third-order valence-corrected chi connectivity index (χ3v) is 4.26. The highest BCUT2D eigenvalue weighted by Crippen LogP contribution is 2.33. The smallest absolute Gasteiger partial charge is 0.511 e. The van der Waals surface area contributed by atoms with E-state index in [1.165, 1.54) is 18.5 Å². The fourth-order valence-electron chi connectivity index (χ4n) is 2.77. The largest absolute Gasteiger partial charge is 0.707 e. The van der Waals surface area contributed by atoms with E-state index in [1.807, 2.05) is 0 Å². The van der Waals surface area contributed by atoms with Crippen molar-refractivity contribution in [1.29, 1.82) is 0 Å². The Bertz CT molecular complexity index is 811. The van der Waals surface area contributed by atoms with Gasteiger partial charge in [-0.05, 0) is 12.1 Å². The van der Waals surface area contributed by atoms with Crippen LogP contribution in [0, 0.1) is 0 Å². The van der Waals surface area contributed by atoms with Gasteiger partial charge in [0.1, 0.15) is 17.9 Å². The molecule has 0 radical (unpaired) electrons. The Kier molecular flexibility index (Phi) is 5.07. The molecule has 1 aromatic carbocycles. The van der Waals surface area contributed by atoms with Crippen LogP contribution in [-0.4, -0.2) is 64.3 Å². The van der Waals surface area contributed by atoms with Crippen molar-refractivity contribution in [3.63, 3.8) is 0 Å². The molecule has 1 fully saturated rings. The van der Waals surface area contributed by atoms with Gasteiger partial charge in [0.15, 0.2) is 0 Å². The number of hydrogen-bond donors (Lipinski definition) is 2. The molecule has 0 unspecified atom stereocenters. The summed E-state index contributed by atoms with van der Waals surface area (Å²) in [5.41, 5.74) is 0.564. The summed E-state index contributed by atoms with van der Waals surface area (Å²) in [6, 6.07) is 3.16. The zero-order valence-corrected chi connectivity index (χ0v) is 14.1. The number of amides is 1. The molecule has 25 heavy (non-hydrogen) atoms. The lowest BCUT2D eigenvalue weighted by Gasteiger charge is -2.35. The predicted molar refractivity (Wildman–Crippen MR) is 94.4 cm³/mol. The Morgan fingerprint density at radius 3 is 2.64 bits per heavy atom. The first-order valence-corrected chi connectivity index (χ1v) is 8.00. The van der Waals surface area contributed by atoms with Crippen LogP contribution in [0.1, 0.15) is 0 Å². The Labute approximate surface area is 149 Å². The van der Waals surface area contributed by atoms with Crippen LogP contribution in [0.5, 0.6) is 5.75 Å². The van der Waals surface area contributed by atoms with Gasteiger partial charge in [0, 0.05) is 37.6 Å². The summed E-state index contributed by atoms with van der Waals surface area (Å²) >= 11 is 6.16. The lowest BCUT2D eigenvalue weighted by Crippen LogP contribution is -2.48. The van der Waals surface area contributed by atoms with Gasteiger partial charge in [-0.2, -0.15) is 0 Å². The van der Waals surface area contributed by atoms with Gasteiger partial charge in [-0.3, -0.25) is 4.79 Å². The Morgan fingerprint density at radius 2 is 2.00 bits per heavy atom. The number of aromatic nitrogens is 2. The fourth-order valence-corrected chi connectivity index (χ4v) is 2.98. The monoisotopic (exact) mass is 362 g/mol. The third kappa shape index (κ3) is 3.68. The minimum atomic E-state index is -1.97. The first-order valence-electron chi connectivity index (χ1n) is 7.63. The molecule has 8 nitrogen and oxygen atoms in total.